The monoisotopic (exact) mass is 378 g/mol. The van der Waals surface area contributed by atoms with Gasteiger partial charge in [0.15, 0.2) is 0 Å². The number of rotatable bonds is 5. The van der Waals surface area contributed by atoms with Crippen LogP contribution in [-0.4, -0.2) is 38.9 Å². The molecule has 2 aromatic rings. The third-order valence-electron chi connectivity index (χ3n) is 4.51. The van der Waals surface area contributed by atoms with Crippen LogP contribution in [0.2, 0.25) is 5.02 Å². The van der Waals surface area contributed by atoms with Crippen LogP contribution in [0.15, 0.2) is 53.4 Å². The Morgan fingerprint density at radius 3 is 2.28 bits per heavy atom. The van der Waals surface area contributed by atoms with E-state index in [1.54, 1.807) is 16.4 Å². The van der Waals surface area contributed by atoms with E-state index in [4.69, 9.17) is 11.6 Å². The van der Waals surface area contributed by atoms with E-state index in [-0.39, 0.29) is 0 Å². The minimum absolute atomic E-state index is 0.378. The highest BCUT2D eigenvalue weighted by Gasteiger charge is 2.28. The second-order valence-electron chi connectivity index (χ2n) is 6.26. The van der Waals surface area contributed by atoms with Crippen molar-refractivity contribution in [2.45, 2.75) is 24.7 Å². The fraction of sp³-hybridized carbons (Fsp3) is 0.368. The molecule has 1 saturated heterocycles. The molecule has 1 aliphatic heterocycles. The summed E-state index contributed by atoms with van der Waals surface area (Å²) in [4.78, 5) is 2.55. The molecule has 0 spiro atoms. The molecule has 1 heterocycles. The molecule has 0 saturated carbocycles. The lowest BCUT2D eigenvalue weighted by molar-refractivity contribution is 0.385. The Morgan fingerprint density at radius 1 is 1.00 bits per heavy atom. The Bertz CT molecular complexity index is 814. The predicted octanol–water partition coefficient (Wildman–Crippen LogP) is 3.80. The van der Waals surface area contributed by atoms with E-state index in [0.29, 0.717) is 36.1 Å². The predicted molar refractivity (Wildman–Crippen MR) is 103 cm³/mol. The van der Waals surface area contributed by atoms with Gasteiger partial charge in [0, 0.05) is 36.9 Å². The lowest BCUT2D eigenvalue weighted by Crippen LogP contribution is -2.48. The summed E-state index contributed by atoms with van der Waals surface area (Å²) in [6.07, 6.45) is 2.02. The molecule has 0 N–H and O–H groups in total. The lowest BCUT2D eigenvalue weighted by atomic mass is 10.1. The maximum atomic E-state index is 12.8. The Labute approximate surface area is 155 Å². The van der Waals surface area contributed by atoms with Crippen LogP contribution in [-0.2, 0) is 16.4 Å². The summed E-state index contributed by atoms with van der Waals surface area (Å²) in [5, 5.41) is 0.694. The minimum atomic E-state index is -3.43. The Balaban J connectivity index is 1.68. The van der Waals surface area contributed by atoms with Crippen molar-refractivity contribution in [2.75, 3.05) is 31.1 Å². The number of halogens is 1. The van der Waals surface area contributed by atoms with Gasteiger partial charge in [-0.1, -0.05) is 43.1 Å². The number of piperazine rings is 1. The molecule has 0 aliphatic carbocycles. The number of anilines is 1. The molecule has 0 unspecified atom stereocenters. The lowest BCUT2D eigenvalue weighted by Gasteiger charge is -2.35. The molecule has 0 aromatic heterocycles. The molecule has 1 fully saturated rings. The van der Waals surface area contributed by atoms with Gasteiger partial charge in [-0.25, -0.2) is 8.42 Å². The first-order chi connectivity index (χ1) is 12.0. The summed E-state index contributed by atoms with van der Waals surface area (Å²) in [5.41, 5.74) is 2.21. The highest BCUT2D eigenvalue weighted by molar-refractivity contribution is 7.89. The third-order valence-corrected chi connectivity index (χ3v) is 6.66. The number of sulfonamides is 1. The van der Waals surface area contributed by atoms with Crippen molar-refractivity contribution in [3.63, 3.8) is 0 Å². The van der Waals surface area contributed by atoms with E-state index in [2.05, 4.69) is 11.8 Å². The smallest absolute Gasteiger partial charge is 0.243 e. The normalized spacial score (nSPS) is 16.2. The average Bonchev–Trinajstić information content (AvgIpc) is 2.63. The van der Waals surface area contributed by atoms with Crippen LogP contribution in [0.4, 0.5) is 5.69 Å². The zero-order chi connectivity index (χ0) is 17.9. The summed E-state index contributed by atoms with van der Waals surface area (Å²) in [6, 6.07) is 15.0. The Kier molecular flexibility index (Phi) is 5.67. The summed E-state index contributed by atoms with van der Waals surface area (Å²) in [5.74, 6) is 0. The van der Waals surface area contributed by atoms with Gasteiger partial charge < -0.3 is 4.90 Å². The topological polar surface area (TPSA) is 40.6 Å². The highest BCUT2D eigenvalue weighted by Crippen LogP contribution is 2.23. The second kappa shape index (κ2) is 7.77. The van der Waals surface area contributed by atoms with Gasteiger partial charge in [-0.05, 0) is 42.3 Å². The van der Waals surface area contributed by atoms with Gasteiger partial charge in [-0.2, -0.15) is 4.31 Å². The van der Waals surface area contributed by atoms with Crippen LogP contribution in [0.25, 0.3) is 0 Å². The van der Waals surface area contributed by atoms with Gasteiger partial charge in [0.25, 0.3) is 0 Å². The number of nitrogens with zero attached hydrogens (tertiary/aromatic N) is 2. The van der Waals surface area contributed by atoms with Crippen LogP contribution in [0.5, 0.6) is 0 Å². The van der Waals surface area contributed by atoms with Crippen molar-refractivity contribution in [2.24, 2.45) is 0 Å². The van der Waals surface area contributed by atoms with Gasteiger partial charge in [0.1, 0.15) is 0 Å². The SMILES string of the molecule is CCCc1ccc(S(=O)(=O)N2CCN(c3cccc(Cl)c3)CC2)cc1. The van der Waals surface area contributed by atoms with Crippen molar-refractivity contribution >= 4 is 27.3 Å². The van der Waals surface area contributed by atoms with Crippen molar-refractivity contribution in [1.29, 1.82) is 0 Å². The molecular weight excluding hydrogens is 356 g/mol. The van der Waals surface area contributed by atoms with E-state index in [0.717, 1.165) is 18.5 Å². The quantitative estimate of drug-likeness (QED) is 0.794. The van der Waals surface area contributed by atoms with Crippen molar-refractivity contribution in [1.82, 2.24) is 4.31 Å². The van der Waals surface area contributed by atoms with Crippen molar-refractivity contribution in [3.8, 4) is 0 Å². The van der Waals surface area contributed by atoms with Crippen LogP contribution >= 0.6 is 11.6 Å². The Morgan fingerprint density at radius 2 is 1.68 bits per heavy atom. The summed E-state index contributed by atoms with van der Waals surface area (Å²) in [6.45, 7) is 4.39. The van der Waals surface area contributed by atoms with E-state index >= 15 is 0 Å². The fourth-order valence-electron chi connectivity index (χ4n) is 3.13. The molecular formula is C19H23ClN2O2S. The van der Waals surface area contributed by atoms with Crippen molar-refractivity contribution in [3.05, 3.63) is 59.1 Å². The first-order valence-electron chi connectivity index (χ1n) is 8.60. The molecule has 1 aliphatic rings. The zero-order valence-electron chi connectivity index (χ0n) is 14.4. The fourth-order valence-corrected chi connectivity index (χ4v) is 4.73. The minimum Gasteiger partial charge on any atom is -0.369 e. The van der Waals surface area contributed by atoms with Crippen LogP contribution in [0.1, 0.15) is 18.9 Å². The zero-order valence-corrected chi connectivity index (χ0v) is 15.9. The molecule has 0 bridgehead atoms. The average molecular weight is 379 g/mol. The first-order valence-corrected chi connectivity index (χ1v) is 10.4. The molecule has 4 nitrogen and oxygen atoms in total. The van der Waals surface area contributed by atoms with Gasteiger partial charge in [0.05, 0.1) is 4.90 Å². The molecule has 6 heteroatoms. The maximum Gasteiger partial charge on any atom is 0.243 e. The van der Waals surface area contributed by atoms with E-state index < -0.39 is 10.0 Å². The van der Waals surface area contributed by atoms with Gasteiger partial charge >= 0.3 is 0 Å². The van der Waals surface area contributed by atoms with Crippen LogP contribution < -0.4 is 4.90 Å². The van der Waals surface area contributed by atoms with Gasteiger partial charge in [-0.15, -0.1) is 0 Å². The summed E-state index contributed by atoms with van der Waals surface area (Å²) < 4.78 is 27.3. The summed E-state index contributed by atoms with van der Waals surface area (Å²) in [7, 11) is -3.43. The van der Waals surface area contributed by atoms with Crippen LogP contribution in [0.3, 0.4) is 0 Å². The molecule has 0 amide bonds. The standard InChI is InChI=1S/C19H23ClN2O2S/c1-2-4-16-7-9-19(10-8-16)25(23,24)22-13-11-21(12-14-22)18-6-3-5-17(20)15-18/h3,5-10,15H,2,4,11-14H2,1H3. The second-order valence-corrected chi connectivity index (χ2v) is 8.64. The van der Waals surface area contributed by atoms with Gasteiger partial charge in [-0.3, -0.25) is 0 Å². The number of benzene rings is 2. The Hall–Kier alpha value is -1.56. The van der Waals surface area contributed by atoms with E-state index in [1.165, 1.54) is 5.56 Å². The van der Waals surface area contributed by atoms with E-state index in [9.17, 15) is 8.42 Å². The molecule has 25 heavy (non-hydrogen) atoms. The molecule has 2 aromatic carbocycles. The number of hydrogen-bond acceptors (Lipinski definition) is 3. The number of aryl methyl sites for hydroxylation is 1. The maximum absolute atomic E-state index is 12.8. The molecule has 134 valence electrons. The third kappa shape index (κ3) is 4.17. The van der Waals surface area contributed by atoms with E-state index in [1.807, 2.05) is 36.4 Å². The van der Waals surface area contributed by atoms with Gasteiger partial charge in [0.2, 0.25) is 10.0 Å². The highest BCUT2D eigenvalue weighted by atomic mass is 35.5. The number of hydrogen-bond donors (Lipinski definition) is 0. The van der Waals surface area contributed by atoms with Crippen LogP contribution in [0, 0.1) is 0 Å². The largest absolute Gasteiger partial charge is 0.369 e. The molecule has 3 rings (SSSR count). The first kappa shape index (κ1) is 18.2. The molecule has 0 radical (unpaired) electrons. The summed E-state index contributed by atoms with van der Waals surface area (Å²) >= 11 is 6.05. The van der Waals surface area contributed by atoms with Crippen molar-refractivity contribution < 1.29 is 8.42 Å². The molecule has 0 atom stereocenters.